The number of carbonyl (C=O) groups is 1. The predicted molar refractivity (Wildman–Crippen MR) is 121 cm³/mol. The summed E-state index contributed by atoms with van der Waals surface area (Å²) in [5.74, 6) is 0.920. The van der Waals surface area contributed by atoms with E-state index >= 15 is 0 Å². The van der Waals surface area contributed by atoms with Crippen LogP contribution in [0.15, 0.2) is 28.5 Å². The maximum absolute atomic E-state index is 12.6. The standard InChI is InChI=1S/C21H28N4O5S2/c1-16-23-17(15-31-16)14-24-7-9-25(10-8-24)21(26)5-6-22-32(27,28)18-3-4-19-20(13-18)30-12-2-11-29-19/h3-4,13,15,22H,2,5-12,14H2,1H3. The van der Waals surface area contributed by atoms with Gasteiger partial charge in [0.05, 0.1) is 28.8 Å². The smallest absolute Gasteiger partial charge is 0.240 e. The first kappa shape index (κ1) is 23.0. The monoisotopic (exact) mass is 480 g/mol. The van der Waals surface area contributed by atoms with Gasteiger partial charge in [-0.2, -0.15) is 0 Å². The van der Waals surface area contributed by atoms with Crippen molar-refractivity contribution in [3.63, 3.8) is 0 Å². The van der Waals surface area contributed by atoms with Crippen LogP contribution in [0.4, 0.5) is 0 Å². The fourth-order valence-electron chi connectivity index (χ4n) is 3.71. The van der Waals surface area contributed by atoms with Crippen molar-refractivity contribution in [2.24, 2.45) is 0 Å². The minimum absolute atomic E-state index is 0.0458. The van der Waals surface area contributed by atoms with Crippen molar-refractivity contribution in [3.8, 4) is 11.5 Å². The third-order valence-electron chi connectivity index (χ3n) is 5.44. The van der Waals surface area contributed by atoms with Gasteiger partial charge in [-0.15, -0.1) is 11.3 Å². The first-order valence-corrected chi connectivity index (χ1v) is 13.1. The zero-order chi connectivity index (χ0) is 22.6. The molecule has 32 heavy (non-hydrogen) atoms. The van der Waals surface area contributed by atoms with E-state index in [4.69, 9.17) is 9.47 Å². The van der Waals surface area contributed by atoms with Crippen LogP contribution in [0.3, 0.4) is 0 Å². The molecule has 0 aliphatic carbocycles. The number of amides is 1. The zero-order valence-corrected chi connectivity index (χ0v) is 19.7. The van der Waals surface area contributed by atoms with Crippen LogP contribution >= 0.6 is 11.3 Å². The van der Waals surface area contributed by atoms with Gasteiger partial charge in [0.2, 0.25) is 15.9 Å². The zero-order valence-electron chi connectivity index (χ0n) is 18.1. The first-order valence-electron chi connectivity index (χ1n) is 10.7. The fraction of sp³-hybridized carbons (Fsp3) is 0.524. The van der Waals surface area contributed by atoms with Crippen LogP contribution < -0.4 is 14.2 Å². The summed E-state index contributed by atoms with van der Waals surface area (Å²) in [6.07, 6.45) is 0.866. The Bertz CT molecular complexity index is 1050. The summed E-state index contributed by atoms with van der Waals surface area (Å²) in [7, 11) is -3.74. The van der Waals surface area contributed by atoms with Crippen LogP contribution in [0.5, 0.6) is 11.5 Å². The highest BCUT2D eigenvalue weighted by Gasteiger charge is 2.23. The molecular weight excluding hydrogens is 452 g/mol. The van der Waals surface area contributed by atoms with Gasteiger partial charge < -0.3 is 14.4 Å². The van der Waals surface area contributed by atoms with E-state index in [-0.39, 0.29) is 23.8 Å². The van der Waals surface area contributed by atoms with Crippen molar-refractivity contribution >= 4 is 27.3 Å². The summed E-state index contributed by atoms with van der Waals surface area (Å²) in [4.78, 5) is 21.2. The average Bonchev–Trinajstić information content (AvgIpc) is 3.04. The second-order valence-corrected chi connectivity index (χ2v) is 10.7. The maximum Gasteiger partial charge on any atom is 0.240 e. The molecule has 0 saturated carbocycles. The molecule has 1 aromatic carbocycles. The maximum atomic E-state index is 12.6. The minimum Gasteiger partial charge on any atom is -0.490 e. The number of aryl methyl sites for hydroxylation is 1. The fourth-order valence-corrected chi connectivity index (χ4v) is 5.36. The molecule has 174 valence electrons. The lowest BCUT2D eigenvalue weighted by atomic mass is 10.2. The number of hydrogen-bond donors (Lipinski definition) is 1. The second kappa shape index (κ2) is 10.2. The van der Waals surface area contributed by atoms with E-state index in [0.29, 0.717) is 37.8 Å². The van der Waals surface area contributed by atoms with E-state index in [1.54, 1.807) is 22.3 Å². The second-order valence-electron chi connectivity index (χ2n) is 7.82. The van der Waals surface area contributed by atoms with Gasteiger partial charge in [0.25, 0.3) is 0 Å². The lowest BCUT2D eigenvalue weighted by molar-refractivity contribution is -0.132. The number of sulfonamides is 1. The van der Waals surface area contributed by atoms with Crippen LogP contribution in [-0.2, 0) is 21.4 Å². The van der Waals surface area contributed by atoms with E-state index in [1.807, 2.05) is 6.92 Å². The molecule has 1 aromatic heterocycles. The number of ether oxygens (including phenoxy) is 2. The SMILES string of the molecule is Cc1nc(CN2CCN(C(=O)CCNS(=O)(=O)c3ccc4c(c3)OCCCO4)CC2)cs1. The van der Waals surface area contributed by atoms with Crippen molar-refractivity contribution in [2.75, 3.05) is 45.9 Å². The number of fused-ring (bicyclic) bond motifs is 1. The predicted octanol–water partition coefficient (Wildman–Crippen LogP) is 1.63. The van der Waals surface area contributed by atoms with Gasteiger partial charge in [-0.1, -0.05) is 0 Å². The highest BCUT2D eigenvalue weighted by Crippen LogP contribution is 2.31. The largest absolute Gasteiger partial charge is 0.490 e. The van der Waals surface area contributed by atoms with Gasteiger partial charge in [-0.3, -0.25) is 9.69 Å². The Morgan fingerprint density at radius 3 is 2.62 bits per heavy atom. The number of carbonyl (C=O) groups excluding carboxylic acids is 1. The number of nitrogens with zero attached hydrogens (tertiary/aromatic N) is 3. The number of aromatic nitrogens is 1. The molecule has 1 fully saturated rings. The molecule has 2 aliphatic rings. The van der Waals surface area contributed by atoms with Crippen molar-refractivity contribution in [1.29, 1.82) is 0 Å². The number of benzene rings is 1. The summed E-state index contributed by atoms with van der Waals surface area (Å²) in [5.41, 5.74) is 1.07. The molecule has 0 spiro atoms. The molecule has 0 bridgehead atoms. The topological polar surface area (TPSA) is 101 Å². The molecule has 2 aromatic rings. The highest BCUT2D eigenvalue weighted by molar-refractivity contribution is 7.89. The number of hydrogen-bond acceptors (Lipinski definition) is 8. The summed E-state index contributed by atoms with van der Waals surface area (Å²) >= 11 is 1.64. The molecule has 1 amide bonds. The van der Waals surface area contributed by atoms with Crippen molar-refractivity contribution in [1.82, 2.24) is 19.5 Å². The van der Waals surface area contributed by atoms with E-state index in [0.717, 1.165) is 36.8 Å². The molecule has 1 saturated heterocycles. The Kier molecular flexibility index (Phi) is 7.29. The number of piperazine rings is 1. The number of thiazole rings is 1. The third-order valence-corrected chi connectivity index (χ3v) is 7.72. The van der Waals surface area contributed by atoms with Crippen LogP contribution in [0.25, 0.3) is 0 Å². The van der Waals surface area contributed by atoms with E-state index in [2.05, 4.69) is 20.0 Å². The van der Waals surface area contributed by atoms with Crippen LogP contribution in [0.1, 0.15) is 23.5 Å². The van der Waals surface area contributed by atoms with Gasteiger partial charge >= 0.3 is 0 Å². The van der Waals surface area contributed by atoms with Gasteiger partial charge in [0.15, 0.2) is 11.5 Å². The molecule has 3 heterocycles. The summed E-state index contributed by atoms with van der Waals surface area (Å²) in [5, 5.41) is 3.13. The Labute approximate surface area is 192 Å². The summed E-state index contributed by atoms with van der Waals surface area (Å²) < 4.78 is 38.9. The van der Waals surface area contributed by atoms with Crippen LogP contribution in [0, 0.1) is 6.92 Å². The van der Waals surface area contributed by atoms with Crippen LogP contribution in [-0.4, -0.2) is 75.0 Å². The van der Waals surface area contributed by atoms with Crippen LogP contribution in [0.2, 0.25) is 0 Å². The van der Waals surface area contributed by atoms with Crippen molar-refractivity contribution < 1.29 is 22.7 Å². The lowest BCUT2D eigenvalue weighted by Crippen LogP contribution is -2.48. The molecule has 0 radical (unpaired) electrons. The Morgan fingerprint density at radius 1 is 1.16 bits per heavy atom. The Morgan fingerprint density at radius 2 is 1.91 bits per heavy atom. The van der Waals surface area contributed by atoms with Crippen molar-refractivity contribution in [2.45, 2.75) is 31.2 Å². The Balaban J connectivity index is 1.23. The molecule has 0 atom stereocenters. The Hall–Kier alpha value is -2.21. The summed E-state index contributed by atoms with van der Waals surface area (Å²) in [6, 6.07) is 4.56. The number of rotatable bonds is 7. The number of nitrogens with one attached hydrogen (secondary N) is 1. The third kappa shape index (κ3) is 5.77. The first-order chi connectivity index (χ1) is 15.4. The normalized spacial score (nSPS) is 17.2. The molecule has 4 rings (SSSR count). The van der Waals surface area contributed by atoms with Gasteiger partial charge in [-0.05, 0) is 19.1 Å². The highest BCUT2D eigenvalue weighted by atomic mass is 32.2. The average molecular weight is 481 g/mol. The van der Waals surface area contributed by atoms with Crippen molar-refractivity contribution in [3.05, 3.63) is 34.3 Å². The minimum atomic E-state index is -3.74. The molecule has 0 unspecified atom stereocenters. The molecular formula is C21H28N4O5S2. The van der Waals surface area contributed by atoms with E-state index in [9.17, 15) is 13.2 Å². The van der Waals surface area contributed by atoms with Gasteiger partial charge in [0, 0.05) is 63.6 Å². The lowest BCUT2D eigenvalue weighted by Gasteiger charge is -2.34. The molecule has 9 nitrogen and oxygen atoms in total. The molecule has 11 heteroatoms. The molecule has 1 N–H and O–H groups in total. The van der Waals surface area contributed by atoms with E-state index in [1.165, 1.54) is 12.1 Å². The van der Waals surface area contributed by atoms with E-state index < -0.39 is 10.0 Å². The molecule has 2 aliphatic heterocycles. The summed E-state index contributed by atoms with van der Waals surface area (Å²) in [6.45, 7) is 6.70. The quantitative estimate of drug-likeness (QED) is 0.643. The van der Waals surface area contributed by atoms with Gasteiger partial charge in [0.1, 0.15) is 0 Å². The van der Waals surface area contributed by atoms with Gasteiger partial charge in [-0.25, -0.2) is 18.1 Å².